The van der Waals surface area contributed by atoms with E-state index < -0.39 is 81.3 Å². The summed E-state index contributed by atoms with van der Waals surface area (Å²) in [6.45, 7) is 35.9. The standard InChI is InChI=1S/2C32H28Cl4FN7O2.C32H28Cl3F2N7O2/c2*1-6-20(45)43-10-9-42(13-16(43)5)30-17-11-19(33)28(21-22(34)25(37)24(36)26(39)23(21)35)41-31(17)44(32(46)18(30)12-38)29-15(4)7-8-40-27(29)14(2)3;1-6-20(45)43-10-9-42(13-16(43)5)30-17-11-19(33)28(21-22(34)26(39)23(35)25(37)24(21)36)41-31(17)44(32(46)18(30)12-38)29-15(4)7-8-40-27(29)14(2)3/h3*6-8,11,14,16H,1,9-10,13,39H2,2-5H3/t3*16-/m111/s1. The van der Waals surface area contributed by atoms with E-state index in [1.807, 2.05) is 90.9 Å². The molecule has 0 bridgehead atoms. The molecule has 12 aromatic rings. The lowest BCUT2D eigenvalue weighted by molar-refractivity contribution is -0.129. The molecule has 3 fully saturated rings. The van der Waals surface area contributed by atoms with Crippen LogP contribution in [0, 0.1) is 78.0 Å². The number of hydrogen-bond acceptors (Lipinski definition) is 21. The quantitative estimate of drug-likeness (QED) is 0.0282. The summed E-state index contributed by atoms with van der Waals surface area (Å²) in [5, 5.41) is 28.9. The van der Waals surface area contributed by atoms with Crippen molar-refractivity contribution < 1.29 is 31.9 Å². The average molecular weight is 2090 g/mol. The van der Waals surface area contributed by atoms with Crippen LogP contribution in [0.5, 0.6) is 0 Å². The number of nitrogens with zero attached hydrogens (tertiary/aromatic N) is 18. The summed E-state index contributed by atoms with van der Waals surface area (Å²) in [4.78, 5) is 119. The number of nitriles is 3. The second-order valence-corrected chi connectivity index (χ2v) is 38.0. The Bertz CT molecular complexity index is 6780. The van der Waals surface area contributed by atoms with Gasteiger partial charge in [-0.25, -0.2) is 32.5 Å². The monoisotopic (exact) mass is 2090 g/mol. The third-order valence-electron chi connectivity index (χ3n) is 24.1. The summed E-state index contributed by atoms with van der Waals surface area (Å²) < 4.78 is 64.5. The first kappa shape index (κ1) is 103. The fraction of sp³-hybridized carbons (Fsp3) is 0.281. The number of aryl methyl sites for hydroxylation is 3. The number of amides is 3. The first-order valence-electron chi connectivity index (χ1n) is 42.6. The number of halogens is 15. The summed E-state index contributed by atoms with van der Waals surface area (Å²) in [6.07, 6.45) is 8.62. The van der Waals surface area contributed by atoms with Crippen LogP contribution in [-0.4, -0.2) is 153 Å². The van der Waals surface area contributed by atoms with Gasteiger partial charge in [-0.15, -0.1) is 0 Å². The number of nitrogens with two attached hydrogens (primary N) is 3. The molecule has 27 nitrogen and oxygen atoms in total. The van der Waals surface area contributed by atoms with Gasteiger partial charge in [-0.3, -0.25) is 57.4 Å². The van der Waals surface area contributed by atoms with E-state index in [1.165, 1.54) is 50.1 Å². The van der Waals surface area contributed by atoms with E-state index in [4.69, 9.17) is 155 Å². The second kappa shape index (κ2) is 41.2. The highest BCUT2D eigenvalue weighted by molar-refractivity contribution is 6.47. The number of piperazine rings is 3. The van der Waals surface area contributed by atoms with Crippen molar-refractivity contribution in [2.45, 2.75) is 119 Å². The van der Waals surface area contributed by atoms with Crippen LogP contribution in [0.4, 0.5) is 51.7 Å². The van der Waals surface area contributed by atoms with Crippen LogP contribution in [0.2, 0.25) is 55.2 Å². The normalized spacial score (nSPS) is 15.0. The number of nitrogen functional groups attached to an aromatic ring is 3. The van der Waals surface area contributed by atoms with E-state index >= 15 is 13.2 Å². The number of aromatic nitrogens is 9. The van der Waals surface area contributed by atoms with E-state index in [1.54, 1.807) is 58.4 Å². The minimum absolute atomic E-state index is 0.00623. The van der Waals surface area contributed by atoms with Gasteiger partial charge in [-0.05, 0) is 131 Å². The number of carbonyl (C=O) groups excluding carboxylic acids is 3. The lowest BCUT2D eigenvalue weighted by Crippen LogP contribution is -2.54. The lowest BCUT2D eigenvalue weighted by atomic mass is 10.0. The van der Waals surface area contributed by atoms with Gasteiger partial charge in [-0.2, -0.15) is 15.8 Å². The number of anilines is 6. The highest BCUT2D eigenvalue weighted by Crippen LogP contribution is 2.52. The third kappa shape index (κ3) is 18.2. The molecule has 0 radical (unpaired) electrons. The Labute approximate surface area is 843 Å². The molecule has 15 rings (SSSR count). The van der Waals surface area contributed by atoms with Crippen LogP contribution in [0.15, 0.2) is 107 Å². The van der Waals surface area contributed by atoms with Gasteiger partial charge in [0.2, 0.25) is 17.7 Å². The SMILES string of the molecule is C=CC(=O)N1CCN(c2c(C#N)c(=O)n(-c3c(C)ccnc3C(C)C)c3nc(-c4c(Cl)c(N)c(Cl)c(F)c4Cl)c(Cl)cc23)C[C@H]1C.C=CC(=O)N1CCN(c2c(C#N)c(=O)n(-c3c(C)ccnc3C(C)C)c3nc(-c4c(Cl)c(N)c(Cl)c(F)c4Cl)c(Cl)cc23)C[C@H]1C.C=CC(=O)N1CCN(c2c(C#N)c(=O)n(-c3c(C)ccnc3C(C)C)c3nc(-c4c(F)c(F)c(Cl)c(N)c4Cl)c(Cl)cc23)C[C@H]1C. The van der Waals surface area contributed by atoms with Gasteiger partial charge in [0.05, 0.1) is 131 Å². The van der Waals surface area contributed by atoms with Crippen molar-refractivity contribution in [1.82, 2.24) is 58.3 Å². The smallest absolute Gasteiger partial charge is 0.276 e. The molecule has 0 spiro atoms. The van der Waals surface area contributed by atoms with E-state index in [0.29, 0.717) is 112 Å². The number of carbonyl (C=O) groups is 3. The molecule has 12 heterocycles. The Kier molecular flexibility index (Phi) is 30.9. The molecule has 3 amide bonds. The van der Waals surface area contributed by atoms with Gasteiger partial charge in [0, 0.05) is 123 Å². The summed E-state index contributed by atoms with van der Waals surface area (Å²) in [5.74, 6) is -6.01. The third-order valence-corrected chi connectivity index (χ3v) is 28.0. The Morgan fingerprint density at radius 2 is 0.652 bits per heavy atom. The van der Waals surface area contributed by atoms with Crippen molar-refractivity contribution in [1.29, 1.82) is 15.8 Å². The molecule has 3 aliphatic heterocycles. The van der Waals surface area contributed by atoms with Gasteiger partial charge in [-0.1, -0.05) is 189 Å². The van der Waals surface area contributed by atoms with Crippen molar-refractivity contribution >= 4 is 213 Å². The summed E-state index contributed by atoms with van der Waals surface area (Å²) in [7, 11) is 0. The summed E-state index contributed by atoms with van der Waals surface area (Å²) >= 11 is 70.7. The first-order valence-corrected chi connectivity index (χ1v) is 46.7. The number of hydrogen-bond donors (Lipinski definition) is 3. The number of fused-ring (bicyclic) bond motifs is 3. The number of rotatable bonds is 15. The maximum absolute atomic E-state index is 15.5. The molecule has 3 aromatic carbocycles. The molecule has 0 saturated carbocycles. The minimum Gasteiger partial charge on any atom is -0.396 e. The predicted octanol–water partition coefficient (Wildman–Crippen LogP) is 21.4. The van der Waals surface area contributed by atoms with Crippen LogP contribution in [-0.2, 0) is 14.4 Å². The van der Waals surface area contributed by atoms with Crippen molar-refractivity contribution in [2.24, 2.45) is 0 Å². The fourth-order valence-corrected chi connectivity index (χ4v) is 20.5. The summed E-state index contributed by atoms with van der Waals surface area (Å²) in [6, 6.07) is 15.1. The van der Waals surface area contributed by atoms with Crippen molar-refractivity contribution in [3.05, 3.63) is 253 Å². The zero-order valence-electron chi connectivity index (χ0n) is 75.8. The van der Waals surface area contributed by atoms with Gasteiger partial charge in [0.15, 0.2) is 23.3 Å². The molecule has 3 atom stereocenters. The maximum Gasteiger partial charge on any atom is 0.276 e. The van der Waals surface area contributed by atoms with Crippen LogP contribution in [0.3, 0.4) is 0 Å². The first-order chi connectivity index (χ1) is 65.2. The molecule has 714 valence electrons. The van der Waals surface area contributed by atoms with Crippen molar-refractivity contribution in [3.8, 4) is 69.0 Å². The molecule has 3 aliphatic rings. The Hall–Kier alpha value is -12.0. The largest absolute Gasteiger partial charge is 0.396 e. The predicted molar refractivity (Wildman–Crippen MR) is 541 cm³/mol. The van der Waals surface area contributed by atoms with Gasteiger partial charge < -0.3 is 46.6 Å². The highest BCUT2D eigenvalue weighted by atomic mass is 35.5. The van der Waals surface area contributed by atoms with Crippen LogP contribution in [0.1, 0.15) is 131 Å². The maximum atomic E-state index is 15.5. The molecular formula is C96H84Cl11F4N21O6. The van der Waals surface area contributed by atoms with E-state index in [0.717, 1.165) is 0 Å². The van der Waals surface area contributed by atoms with Crippen LogP contribution >= 0.6 is 128 Å². The van der Waals surface area contributed by atoms with Gasteiger partial charge >= 0.3 is 0 Å². The fourth-order valence-electron chi connectivity index (χ4n) is 17.5. The van der Waals surface area contributed by atoms with E-state index in [9.17, 15) is 48.9 Å². The lowest BCUT2D eigenvalue weighted by Gasteiger charge is -2.41. The molecule has 0 aliphatic carbocycles. The number of benzene rings is 3. The second-order valence-electron chi connectivity index (χ2n) is 33.8. The van der Waals surface area contributed by atoms with E-state index in [-0.39, 0.29) is 183 Å². The average Bonchev–Trinajstić information content (AvgIpc) is 0.726. The summed E-state index contributed by atoms with van der Waals surface area (Å²) in [5.41, 5.74) is 19.3. The van der Waals surface area contributed by atoms with Gasteiger partial charge in [0.25, 0.3) is 16.7 Å². The molecule has 9 aromatic heterocycles. The Balaban J connectivity index is 0.000000175. The molecule has 6 N–H and O–H groups in total. The van der Waals surface area contributed by atoms with Crippen molar-refractivity contribution in [3.63, 3.8) is 0 Å². The topological polar surface area (TPSA) is 363 Å². The highest BCUT2D eigenvalue weighted by Gasteiger charge is 2.40. The zero-order chi connectivity index (χ0) is 101. The number of pyridine rings is 9. The minimum atomic E-state index is -1.44. The van der Waals surface area contributed by atoms with Crippen LogP contribution in [0.25, 0.3) is 83.9 Å². The molecule has 0 unspecified atom stereocenters. The molecular weight excluding hydrogens is 2010 g/mol. The zero-order valence-corrected chi connectivity index (χ0v) is 84.1. The molecule has 3 saturated heterocycles. The van der Waals surface area contributed by atoms with Crippen LogP contribution < -0.4 is 48.6 Å². The Morgan fingerprint density at radius 3 is 0.899 bits per heavy atom. The van der Waals surface area contributed by atoms with E-state index in [2.05, 4.69) is 57.9 Å². The van der Waals surface area contributed by atoms with Gasteiger partial charge in [0.1, 0.15) is 66.9 Å². The Morgan fingerprint density at radius 1 is 0.399 bits per heavy atom. The molecule has 42 heteroatoms. The van der Waals surface area contributed by atoms with Crippen molar-refractivity contribution in [2.75, 3.05) is 90.8 Å². The molecule has 138 heavy (non-hydrogen) atoms.